The Kier molecular flexibility index (Phi) is 4.40. The van der Waals surface area contributed by atoms with Crippen molar-refractivity contribution < 1.29 is 9.90 Å². The van der Waals surface area contributed by atoms with Crippen LogP contribution in [0.5, 0.6) is 0 Å². The lowest BCUT2D eigenvalue weighted by Crippen LogP contribution is -2.50. The van der Waals surface area contributed by atoms with Gasteiger partial charge in [-0.2, -0.15) is 0 Å². The topological polar surface area (TPSA) is 43.8 Å². The van der Waals surface area contributed by atoms with Crippen LogP contribution in [0.25, 0.3) is 0 Å². The van der Waals surface area contributed by atoms with E-state index >= 15 is 0 Å². The third kappa shape index (κ3) is 3.19. The molecule has 0 radical (unpaired) electrons. The Bertz CT molecular complexity index is 262. The molecule has 2 rings (SSSR count). The van der Waals surface area contributed by atoms with E-state index in [-0.39, 0.29) is 18.1 Å². The highest BCUT2D eigenvalue weighted by Crippen LogP contribution is 2.20. The molecule has 98 valence electrons. The van der Waals surface area contributed by atoms with Crippen LogP contribution >= 0.6 is 0 Å². The van der Waals surface area contributed by atoms with E-state index in [1.807, 2.05) is 11.8 Å². The molecule has 2 unspecified atom stereocenters. The monoisotopic (exact) mass is 240 g/mol. The molecular weight excluding hydrogens is 216 g/mol. The Labute approximate surface area is 104 Å². The van der Waals surface area contributed by atoms with Crippen LogP contribution in [-0.2, 0) is 4.79 Å². The fourth-order valence-corrected chi connectivity index (χ4v) is 3.00. The number of hydrogen-bond acceptors (Lipinski definition) is 3. The molecule has 4 nitrogen and oxygen atoms in total. The summed E-state index contributed by atoms with van der Waals surface area (Å²) in [4.78, 5) is 16.2. The molecule has 0 aromatic heterocycles. The summed E-state index contributed by atoms with van der Waals surface area (Å²) < 4.78 is 0. The zero-order valence-corrected chi connectivity index (χ0v) is 10.8. The van der Waals surface area contributed by atoms with Crippen LogP contribution in [0.2, 0.25) is 0 Å². The van der Waals surface area contributed by atoms with Gasteiger partial charge in [0.25, 0.3) is 0 Å². The molecule has 1 amide bonds. The number of carbonyl (C=O) groups is 1. The Morgan fingerprint density at radius 3 is 2.53 bits per heavy atom. The Balaban J connectivity index is 1.88. The standard InChI is InChI=1S/C13H24N2O2/c1-11(16)12-6-2-3-9-15(12)10-13(17)14-7-4-5-8-14/h11-12,16H,2-10H2,1H3. The molecule has 2 aliphatic heterocycles. The number of aliphatic hydroxyl groups excluding tert-OH is 1. The highest BCUT2D eigenvalue weighted by atomic mass is 16.3. The van der Waals surface area contributed by atoms with Gasteiger partial charge in [0.05, 0.1) is 12.6 Å². The maximum absolute atomic E-state index is 12.1. The maximum Gasteiger partial charge on any atom is 0.236 e. The number of nitrogens with zero attached hydrogens (tertiary/aromatic N) is 2. The van der Waals surface area contributed by atoms with Crippen molar-refractivity contribution in [2.75, 3.05) is 26.2 Å². The summed E-state index contributed by atoms with van der Waals surface area (Å²) in [7, 11) is 0. The molecule has 0 aromatic carbocycles. The lowest BCUT2D eigenvalue weighted by atomic mass is 9.98. The summed E-state index contributed by atoms with van der Waals surface area (Å²) in [5, 5.41) is 9.76. The van der Waals surface area contributed by atoms with Crippen LogP contribution in [-0.4, -0.2) is 59.1 Å². The fraction of sp³-hybridized carbons (Fsp3) is 0.923. The van der Waals surface area contributed by atoms with E-state index in [1.165, 1.54) is 6.42 Å². The number of aliphatic hydroxyl groups is 1. The third-order valence-electron chi connectivity index (χ3n) is 4.02. The van der Waals surface area contributed by atoms with Crippen LogP contribution in [0.1, 0.15) is 39.0 Å². The van der Waals surface area contributed by atoms with Gasteiger partial charge in [0.15, 0.2) is 0 Å². The number of amides is 1. The molecule has 0 aromatic rings. The maximum atomic E-state index is 12.1. The number of carbonyl (C=O) groups excluding carboxylic acids is 1. The van der Waals surface area contributed by atoms with Gasteiger partial charge in [-0.15, -0.1) is 0 Å². The number of likely N-dealkylation sites (tertiary alicyclic amines) is 2. The van der Waals surface area contributed by atoms with Crippen molar-refractivity contribution in [1.29, 1.82) is 0 Å². The molecule has 0 bridgehead atoms. The molecule has 1 N–H and O–H groups in total. The largest absolute Gasteiger partial charge is 0.392 e. The molecular formula is C13H24N2O2. The van der Waals surface area contributed by atoms with E-state index in [0.29, 0.717) is 6.54 Å². The smallest absolute Gasteiger partial charge is 0.236 e. The molecule has 2 saturated heterocycles. The summed E-state index contributed by atoms with van der Waals surface area (Å²) in [6.07, 6.45) is 5.30. The lowest BCUT2D eigenvalue weighted by Gasteiger charge is -2.37. The van der Waals surface area contributed by atoms with E-state index in [0.717, 1.165) is 45.3 Å². The normalized spacial score (nSPS) is 28.4. The Morgan fingerprint density at radius 1 is 1.24 bits per heavy atom. The molecule has 2 atom stereocenters. The van der Waals surface area contributed by atoms with Gasteiger partial charge < -0.3 is 10.0 Å². The SMILES string of the molecule is CC(O)C1CCCCN1CC(=O)N1CCCC1. The summed E-state index contributed by atoms with van der Waals surface area (Å²) in [5.74, 6) is 0.245. The predicted octanol–water partition coefficient (Wildman–Crippen LogP) is 0.844. The predicted molar refractivity (Wildman–Crippen MR) is 66.7 cm³/mol. The van der Waals surface area contributed by atoms with Crippen molar-refractivity contribution in [3.63, 3.8) is 0 Å². The molecule has 0 saturated carbocycles. The second kappa shape index (κ2) is 5.83. The molecule has 2 fully saturated rings. The number of rotatable bonds is 3. The minimum absolute atomic E-state index is 0.176. The van der Waals surface area contributed by atoms with Crippen molar-refractivity contribution >= 4 is 5.91 Å². The zero-order valence-electron chi connectivity index (χ0n) is 10.8. The Hall–Kier alpha value is -0.610. The van der Waals surface area contributed by atoms with E-state index in [9.17, 15) is 9.90 Å². The minimum atomic E-state index is -0.332. The van der Waals surface area contributed by atoms with Crippen LogP contribution in [0.3, 0.4) is 0 Å². The quantitative estimate of drug-likeness (QED) is 0.795. The second-order valence-electron chi connectivity index (χ2n) is 5.36. The van der Waals surface area contributed by atoms with Gasteiger partial charge in [-0.25, -0.2) is 0 Å². The average Bonchev–Trinajstić information content (AvgIpc) is 2.83. The summed E-state index contributed by atoms with van der Waals surface area (Å²) in [5.41, 5.74) is 0. The first-order chi connectivity index (χ1) is 8.18. The first kappa shape index (κ1) is 12.8. The van der Waals surface area contributed by atoms with E-state index < -0.39 is 0 Å². The lowest BCUT2D eigenvalue weighted by molar-refractivity contribution is -0.133. The molecule has 4 heteroatoms. The van der Waals surface area contributed by atoms with Crippen molar-refractivity contribution in [2.45, 2.75) is 51.2 Å². The number of hydrogen-bond donors (Lipinski definition) is 1. The molecule has 17 heavy (non-hydrogen) atoms. The average molecular weight is 240 g/mol. The third-order valence-corrected chi connectivity index (χ3v) is 4.02. The summed E-state index contributed by atoms with van der Waals surface area (Å²) >= 11 is 0. The molecule has 2 aliphatic rings. The van der Waals surface area contributed by atoms with Crippen molar-refractivity contribution in [2.24, 2.45) is 0 Å². The van der Waals surface area contributed by atoms with Crippen molar-refractivity contribution in [3.05, 3.63) is 0 Å². The van der Waals surface area contributed by atoms with Crippen LogP contribution < -0.4 is 0 Å². The highest BCUT2D eigenvalue weighted by Gasteiger charge is 2.29. The first-order valence-corrected chi connectivity index (χ1v) is 6.88. The summed E-state index contributed by atoms with van der Waals surface area (Å²) in [6, 6.07) is 0.176. The van der Waals surface area contributed by atoms with Crippen LogP contribution in [0, 0.1) is 0 Å². The molecule has 0 aliphatic carbocycles. The molecule has 2 heterocycles. The van der Waals surface area contributed by atoms with Crippen molar-refractivity contribution in [1.82, 2.24) is 9.80 Å². The van der Waals surface area contributed by atoms with Gasteiger partial charge in [-0.1, -0.05) is 6.42 Å². The zero-order chi connectivity index (χ0) is 12.3. The highest BCUT2D eigenvalue weighted by molar-refractivity contribution is 5.78. The first-order valence-electron chi connectivity index (χ1n) is 6.88. The van der Waals surface area contributed by atoms with Crippen LogP contribution in [0.4, 0.5) is 0 Å². The van der Waals surface area contributed by atoms with E-state index in [4.69, 9.17) is 0 Å². The van der Waals surface area contributed by atoms with Gasteiger partial charge >= 0.3 is 0 Å². The van der Waals surface area contributed by atoms with Gasteiger partial charge in [-0.3, -0.25) is 9.69 Å². The summed E-state index contributed by atoms with van der Waals surface area (Å²) in [6.45, 7) is 5.13. The minimum Gasteiger partial charge on any atom is -0.392 e. The van der Waals surface area contributed by atoms with E-state index in [2.05, 4.69) is 4.90 Å². The van der Waals surface area contributed by atoms with Gasteiger partial charge in [-0.05, 0) is 39.2 Å². The van der Waals surface area contributed by atoms with Crippen molar-refractivity contribution in [3.8, 4) is 0 Å². The van der Waals surface area contributed by atoms with Gasteiger partial charge in [0, 0.05) is 19.1 Å². The number of piperidine rings is 1. The van der Waals surface area contributed by atoms with Crippen LogP contribution in [0.15, 0.2) is 0 Å². The molecule has 0 spiro atoms. The van der Waals surface area contributed by atoms with Gasteiger partial charge in [0.1, 0.15) is 0 Å². The van der Waals surface area contributed by atoms with E-state index in [1.54, 1.807) is 0 Å². The Morgan fingerprint density at radius 2 is 1.88 bits per heavy atom. The fourth-order valence-electron chi connectivity index (χ4n) is 3.00. The second-order valence-corrected chi connectivity index (χ2v) is 5.36. The van der Waals surface area contributed by atoms with Gasteiger partial charge in [0.2, 0.25) is 5.91 Å².